The van der Waals surface area contributed by atoms with Crippen LogP contribution in [0.4, 0.5) is 0 Å². The SMILES string of the molecule is O=C(/C=C/c1ccccc1)N1CCC(C(=O)N2CCN(C[C@@H]3CCCO3)CC2)CC1. The predicted octanol–water partition coefficient (Wildman–Crippen LogP) is 2.26. The minimum Gasteiger partial charge on any atom is -0.377 e. The third kappa shape index (κ3) is 5.49. The van der Waals surface area contributed by atoms with Crippen molar-refractivity contribution in [1.29, 1.82) is 0 Å². The maximum absolute atomic E-state index is 13.0. The molecule has 6 nitrogen and oxygen atoms in total. The zero-order valence-electron chi connectivity index (χ0n) is 17.7. The highest BCUT2D eigenvalue weighted by atomic mass is 16.5. The van der Waals surface area contributed by atoms with E-state index in [4.69, 9.17) is 4.74 Å². The number of benzene rings is 1. The predicted molar refractivity (Wildman–Crippen MR) is 117 cm³/mol. The van der Waals surface area contributed by atoms with Gasteiger partial charge in [-0.1, -0.05) is 30.3 Å². The lowest BCUT2D eigenvalue weighted by molar-refractivity contribution is -0.141. The largest absolute Gasteiger partial charge is 0.377 e. The van der Waals surface area contributed by atoms with Gasteiger partial charge in [-0.15, -0.1) is 0 Å². The van der Waals surface area contributed by atoms with Crippen LogP contribution in [0.2, 0.25) is 0 Å². The Morgan fingerprint density at radius 1 is 0.933 bits per heavy atom. The number of amides is 2. The van der Waals surface area contributed by atoms with Gasteiger partial charge >= 0.3 is 0 Å². The first-order valence-corrected chi connectivity index (χ1v) is 11.3. The number of ether oxygens (including phenoxy) is 1. The highest BCUT2D eigenvalue weighted by Crippen LogP contribution is 2.21. The fourth-order valence-corrected chi connectivity index (χ4v) is 4.67. The van der Waals surface area contributed by atoms with Crippen LogP contribution in [0.1, 0.15) is 31.2 Å². The lowest BCUT2D eigenvalue weighted by Crippen LogP contribution is -2.52. The van der Waals surface area contributed by atoms with Gasteiger partial charge in [-0.25, -0.2) is 0 Å². The molecule has 0 spiro atoms. The molecule has 2 amide bonds. The number of rotatable bonds is 5. The van der Waals surface area contributed by atoms with Crippen LogP contribution >= 0.6 is 0 Å². The van der Waals surface area contributed by atoms with E-state index < -0.39 is 0 Å². The molecule has 1 atom stereocenters. The van der Waals surface area contributed by atoms with Gasteiger partial charge in [0.2, 0.25) is 11.8 Å². The normalized spacial score (nSPS) is 23.9. The maximum Gasteiger partial charge on any atom is 0.246 e. The summed E-state index contributed by atoms with van der Waals surface area (Å²) in [4.78, 5) is 31.7. The number of likely N-dealkylation sites (tertiary alicyclic amines) is 1. The van der Waals surface area contributed by atoms with Crippen molar-refractivity contribution in [1.82, 2.24) is 14.7 Å². The maximum atomic E-state index is 13.0. The van der Waals surface area contributed by atoms with Gasteiger partial charge in [0.25, 0.3) is 0 Å². The monoisotopic (exact) mass is 411 g/mol. The lowest BCUT2D eigenvalue weighted by Gasteiger charge is -2.39. The van der Waals surface area contributed by atoms with E-state index in [1.807, 2.05) is 46.2 Å². The van der Waals surface area contributed by atoms with Crippen LogP contribution in [0, 0.1) is 5.92 Å². The van der Waals surface area contributed by atoms with Crippen molar-refractivity contribution in [2.24, 2.45) is 5.92 Å². The number of piperazine rings is 1. The summed E-state index contributed by atoms with van der Waals surface area (Å²) in [6.07, 6.45) is 7.74. The first-order chi connectivity index (χ1) is 14.7. The van der Waals surface area contributed by atoms with E-state index in [0.29, 0.717) is 19.2 Å². The number of carbonyl (C=O) groups excluding carboxylic acids is 2. The van der Waals surface area contributed by atoms with Crippen LogP contribution in [0.3, 0.4) is 0 Å². The molecule has 0 aromatic heterocycles. The van der Waals surface area contributed by atoms with Crippen molar-refractivity contribution in [3.05, 3.63) is 42.0 Å². The standard InChI is InChI=1S/C24H33N3O3/c28-23(9-8-20-5-2-1-3-6-20)26-12-10-21(11-13-26)24(29)27-16-14-25(15-17-27)19-22-7-4-18-30-22/h1-3,5-6,8-9,21-22H,4,7,10-19H2/b9-8+/t22-/m0/s1. The van der Waals surface area contributed by atoms with Crippen molar-refractivity contribution in [2.75, 3.05) is 52.4 Å². The van der Waals surface area contributed by atoms with Crippen molar-refractivity contribution in [2.45, 2.75) is 31.8 Å². The van der Waals surface area contributed by atoms with E-state index in [9.17, 15) is 9.59 Å². The van der Waals surface area contributed by atoms with Gasteiger partial charge in [0, 0.05) is 64.4 Å². The van der Waals surface area contributed by atoms with E-state index in [1.165, 1.54) is 6.42 Å². The Bertz CT molecular complexity index is 729. The number of hydrogen-bond acceptors (Lipinski definition) is 4. The van der Waals surface area contributed by atoms with E-state index in [1.54, 1.807) is 6.08 Å². The molecule has 0 radical (unpaired) electrons. The molecular weight excluding hydrogens is 378 g/mol. The topological polar surface area (TPSA) is 53.1 Å². The molecule has 0 saturated carbocycles. The van der Waals surface area contributed by atoms with Crippen LogP contribution in [0.15, 0.2) is 36.4 Å². The van der Waals surface area contributed by atoms with E-state index in [0.717, 1.165) is 64.2 Å². The molecule has 3 fully saturated rings. The van der Waals surface area contributed by atoms with Gasteiger partial charge in [0.15, 0.2) is 0 Å². The summed E-state index contributed by atoms with van der Waals surface area (Å²) in [5.41, 5.74) is 1.02. The zero-order valence-corrected chi connectivity index (χ0v) is 17.7. The molecule has 0 bridgehead atoms. The molecule has 3 aliphatic heterocycles. The molecule has 3 saturated heterocycles. The summed E-state index contributed by atoms with van der Waals surface area (Å²) < 4.78 is 5.74. The Balaban J connectivity index is 1.19. The molecule has 4 rings (SSSR count). The second-order valence-electron chi connectivity index (χ2n) is 8.60. The Morgan fingerprint density at radius 2 is 1.67 bits per heavy atom. The number of piperidine rings is 1. The smallest absolute Gasteiger partial charge is 0.246 e. The van der Waals surface area contributed by atoms with E-state index >= 15 is 0 Å². The summed E-state index contributed by atoms with van der Waals surface area (Å²) in [6.45, 7) is 6.71. The van der Waals surface area contributed by atoms with Crippen LogP contribution in [0.25, 0.3) is 6.08 Å². The molecule has 0 aliphatic carbocycles. The third-order valence-corrected chi connectivity index (χ3v) is 6.54. The summed E-state index contributed by atoms with van der Waals surface area (Å²) in [5, 5.41) is 0. The second-order valence-corrected chi connectivity index (χ2v) is 8.60. The highest BCUT2D eigenvalue weighted by Gasteiger charge is 2.32. The summed E-state index contributed by atoms with van der Waals surface area (Å²) in [6, 6.07) is 9.85. The van der Waals surface area contributed by atoms with Crippen LogP contribution < -0.4 is 0 Å². The summed E-state index contributed by atoms with van der Waals surface area (Å²) >= 11 is 0. The average molecular weight is 412 g/mol. The number of hydrogen-bond donors (Lipinski definition) is 0. The van der Waals surface area contributed by atoms with Gasteiger partial charge in [0.05, 0.1) is 6.10 Å². The Morgan fingerprint density at radius 3 is 2.33 bits per heavy atom. The zero-order chi connectivity index (χ0) is 20.8. The lowest BCUT2D eigenvalue weighted by atomic mass is 9.95. The molecule has 1 aromatic carbocycles. The van der Waals surface area contributed by atoms with Crippen LogP contribution in [-0.4, -0.2) is 85.0 Å². The van der Waals surface area contributed by atoms with Gasteiger partial charge in [0.1, 0.15) is 0 Å². The van der Waals surface area contributed by atoms with Crippen molar-refractivity contribution in [3.63, 3.8) is 0 Å². The molecule has 0 unspecified atom stereocenters. The van der Waals surface area contributed by atoms with Gasteiger partial charge < -0.3 is 14.5 Å². The first kappa shape index (κ1) is 21.1. The summed E-state index contributed by atoms with van der Waals surface area (Å²) in [7, 11) is 0. The van der Waals surface area contributed by atoms with Crippen LogP contribution in [-0.2, 0) is 14.3 Å². The molecule has 1 aromatic rings. The van der Waals surface area contributed by atoms with E-state index in [2.05, 4.69) is 4.90 Å². The molecule has 6 heteroatoms. The Kier molecular flexibility index (Phi) is 7.18. The number of carbonyl (C=O) groups is 2. The fourth-order valence-electron chi connectivity index (χ4n) is 4.67. The summed E-state index contributed by atoms with van der Waals surface area (Å²) in [5.74, 6) is 0.364. The Hall–Kier alpha value is -2.18. The minimum absolute atomic E-state index is 0.0347. The van der Waals surface area contributed by atoms with Crippen molar-refractivity contribution >= 4 is 17.9 Å². The molecule has 162 valence electrons. The quantitative estimate of drug-likeness (QED) is 0.698. The number of nitrogens with zero attached hydrogens (tertiary/aromatic N) is 3. The second kappa shape index (κ2) is 10.2. The third-order valence-electron chi connectivity index (χ3n) is 6.54. The average Bonchev–Trinajstić information content (AvgIpc) is 3.31. The minimum atomic E-state index is 0.0347. The highest BCUT2D eigenvalue weighted by molar-refractivity contribution is 5.92. The first-order valence-electron chi connectivity index (χ1n) is 11.3. The molecular formula is C24H33N3O3. The van der Waals surface area contributed by atoms with Crippen molar-refractivity contribution in [3.8, 4) is 0 Å². The Labute approximate surface area is 179 Å². The molecule has 0 N–H and O–H groups in total. The van der Waals surface area contributed by atoms with Gasteiger partial charge in [-0.05, 0) is 37.3 Å². The van der Waals surface area contributed by atoms with Gasteiger partial charge in [-0.3, -0.25) is 14.5 Å². The molecule has 3 heterocycles. The van der Waals surface area contributed by atoms with Crippen LogP contribution in [0.5, 0.6) is 0 Å². The molecule has 30 heavy (non-hydrogen) atoms. The van der Waals surface area contributed by atoms with Crippen molar-refractivity contribution < 1.29 is 14.3 Å². The fraction of sp³-hybridized carbons (Fsp3) is 0.583. The van der Waals surface area contributed by atoms with Gasteiger partial charge in [-0.2, -0.15) is 0 Å². The molecule has 3 aliphatic rings. The van der Waals surface area contributed by atoms with E-state index in [-0.39, 0.29) is 17.7 Å².